The highest BCUT2D eigenvalue weighted by Crippen LogP contribution is 1.96. The summed E-state index contributed by atoms with van der Waals surface area (Å²) in [5.41, 5.74) is -0.560. The van der Waals surface area contributed by atoms with E-state index in [1.807, 2.05) is 0 Å². The lowest BCUT2D eigenvalue weighted by atomic mass is 10.1. The normalized spacial score (nSPS) is 10.8. The van der Waals surface area contributed by atoms with Crippen LogP contribution in [-0.2, 0) is 0 Å². The van der Waals surface area contributed by atoms with Crippen molar-refractivity contribution in [2.75, 3.05) is 13.1 Å². The van der Waals surface area contributed by atoms with Crippen molar-refractivity contribution < 1.29 is 5.11 Å². The minimum absolute atomic E-state index is 0. The first-order valence-corrected chi connectivity index (χ1v) is 3.49. The summed E-state index contributed by atoms with van der Waals surface area (Å²) in [5, 5.41) is 12.3. The lowest BCUT2D eigenvalue weighted by Crippen LogP contribution is -2.34. The molecule has 0 saturated carbocycles. The van der Waals surface area contributed by atoms with Crippen LogP contribution in [-0.4, -0.2) is 23.8 Å². The predicted octanol–water partition coefficient (Wildman–Crippen LogP) is 1.18. The SMILES string of the molecule is CCCNCC(C)(C)O.Cl. The second kappa shape index (κ2) is 5.96. The van der Waals surface area contributed by atoms with Crippen molar-refractivity contribution in [3.8, 4) is 0 Å². The Kier molecular flexibility index (Phi) is 7.65. The molecule has 10 heavy (non-hydrogen) atoms. The fraction of sp³-hybridized carbons (Fsp3) is 1.00. The number of aliphatic hydroxyl groups is 1. The predicted molar refractivity (Wildman–Crippen MR) is 46.7 cm³/mol. The van der Waals surface area contributed by atoms with Crippen molar-refractivity contribution >= 4 is 12.4 Å². The molecule has 0 aliphatic heterocycles. The van der Waals surface area contributed by atoms with E-state index >= 15 is 0 Å². The fourth-order valence-corrected chi connectivity index (χ4v) is 0.571. The molecule has 3 heteroatoms. The van der Waals surface area contributed by atoms with Crippen LogP contribution in [0.25, 0.3) is 0 Å². The third-order valence-electron chi connectivity index (χ3n) is 0.984. The number of nitrogens with one attached hydrogen (secondary N) is 1. The minimum Gasteiger partial charge on any atom is -0.389 e. The molecule has 0 rings (SSSR count). The molecule has 0 amide bonds. The van der Waals surface area contributed by atoms with Crippen LogP contribution < -0.4 is 5.32 Å². The summed E-state index contributed by atoms with van der Waals surface area (Å²) in [5.74, 6) is 0. The average Bonchev–Trinajstić information content (AvgIpc) is 1.63. The van der Waals surface area contributed by atoms with Crippen LogP contribution in [0.4, 0.5) is 0 Å². The Morgan fingerprint density at radius 2 is 1.90 bits per heavy atom. The highest BCUT2D eigenvalue weighted by molar-refractivity contribution is 5.85. The van der Waals surface area contributed by atoms with Gasteiger partial charge < -0.3 is 10.4 Å². The van der Waals surface area contributed by atoms with Crippen LogP contribution in [0, 0.1) is 0 Å². The molecule has 0 spiro atoms. The van der Waals surface area contributed by atoms with Gasteiger partial charge in [0.1, 0.15) is 0 Å². The molecule has 0 aliphatic carbocycles. The zero-order valence-corrected chi connectivity index (χ0v) is 7.79. The monoisotopic (exact) mass is 167 g/mol. The summed E-state index contributed by atoms with van der Waals surface area (Å²) in [7, 11) is 0. The van der Waals surface area contributed by atoms with Crippen molar-refractivity contribution in [1.29, 1.82) is 0 Å². The zero-order valence-electron chi connectivity index (χ0n) is 6.98. The van der Waals surface area contributed by atoms with Gasteiger partial charge in [-0.05, 0) is 26.8 Å². The Hall–Kier alpha value is 0.210. The van der Waals surface area contributed by atoms with Gasteiger partial charge in [0.05, 0.1) is 5.60 Å². The molecule has 2 N–H and O–H groups in total. The van der Waals surface area contributed by atoms with Crippen LogP contribution in [0.15, 0.2) is 0 Å². The molecule has 0 heterocycles. The maximum atomic E-state index is 9.18. The van der Waals surface area contributed by atoms with E-state index in [1.165, 1.54) is 0 Å². The Labute approximate surface area is 69.4 Å². The molecule has 0 unspecified atom stereocenters. The molecule has 0 aliphatic rings. The smallest absolute Gasteiger partial charge is 0.0715 e. The van der Waals surface area contributed by atoms with E-state index in [2.05, 4.69) is 12.2 Å². The standard InChI is InChI=1S/C7H17NO.ClH/c1-4-5-8-6-7(2,3)9;/h8-9H,4-6H2,1-3H3;1H. The van der Waals surface area contributed by atoms with Crippen LogP contribution in [0.2, 0.25) is 0 Å². The highest BCUT2D eigenvalue weighted by atomic mass is 35.5. The van der Waals surface area contributed by atoms with E-state index in [9.17, 15) is 5.11 Å². The molecule has 0 atom stereocenters. The van der Waals surface area contributed by atoms with Gasteiger partial charge in [-0.1, -0.05) is 6.92 Å². The molecule has 0 bridgehead atoms. The van der Waals surface area contributed by atoms with Gasteiger partial charge in [-0.2, -0.15) is 0 Å². The van der Waals surface area contributed by atoms with Crippen molar-refractivity contribution in [3.63, 3.8) is 0 Å². The number of rotatable bonds is 4. The summed E-state index contributed by atoms with van der Waals surface area (Å²) in [6.45, 7) is 7.38. The van der Waals surface area contributed by atoms with Gasteiger partial charge in [-0.15, -0.1) is 12.4 Å². The number of hydrogen-bond acceptors (Lipinski definition) is 2. The first kappa shape index (κ1) is 12.8. The Bertz CT molecular complexity index is 70.5. The van der Waals surface area contributed by atoms with Crippen LogP contribution in [0.5, 0.6) is 0 Å². The summed E-state index contributed by atoms with van der Waals surface area (Å²) in [6.07, 6.45) is 1.12. The van der Waals surface area contributed by atoms with E-state index < -0.39 is 5.60 Å². The molecule has 0 fully saturated rings. The van der Waals surface area contributed by atoms with Gasteiger partial charge in [0, 0.05) is 6.54 Å². The van der Waals surface area contributed by atoms with Gasteiger partial charge in [-0.25, -0.2) is 0 Å². The van der Waals surface area contributed by atoms with Crippen LogP contribution in [0.1, 0.15) is 27.2 Å². The Balaban J connectivity index is 0. The molecule has 0 aromatic rings. The lowest BCUT2D eigenvalue weighted by molar-refractivity contribution is 0.0801. The summed E-state index contributed by atoms with van der Waals surface area (Å²) in [4.78, 5) is 0. The first-order valence-electron chi connectivity index (χ1n) is 3.49. The van der Waals surface area contributed by atoms with Gasteiger partial charge in [0.15, 0.2) is 0 Å². The zero-order chi connectivity index (χ0) is 7.33. The molecule has 0 aromatic heterocycles. The summed E-state index contributed by atoms with van der Waals surface area (Å²) >= 11 is 0. The first-order chi connectivity index (χ1) is 4.06. The molecule has 2 nitrogen and oxygen atoms in total. The number of halogens is 1. The van der Waals surface area contributed by atoms with Crippen molar-refractivity contribution in [1.82, 2.24) is 5.32 Å². The molecule has 64 valence electrons. The summed E-state index contributed by atoms with van der Waals surface area (Å²) in [6, 6.07) is 0. The maximum Gasteiger partial charge on any atom is 0.0715 e. The number of hydrogen-bond donors (Lipinski definition) is 2. The topological polar surface area (TPSA) is 32.3 Å². The average molecular weight is 168 g/mol. The van der Waals surface area contributed by atoms with Gasteiger partial charge in [0.2, 0.25) is 0 Å². The van der Waals surface area contributed by atoms with Gasteiger partial charge in [-0.3, -0.25) is 0 Å². The van der Waals surface area contributed by atoms with E-state index in [1.54, 1.807) is 13.8 Å². The van der Waals surface area contributed by atoms with Gasteiger partial charge >= 0.3 is 0 Å². The van der Waals surface area contributed by atoms with E-state index in [4.69, 9.17) is 0 Å². The van der Waals surface area contributed by atoms with Crippen LogP contribution in [0.3, 0.4) is 0 Å². The van der Waals surface area contributed by atoms with Gasteiger partial charge in [0.25, 0.3) is 0 Å². The Morgan fingerprint density at radius 3 is 2.20 bits per heavy atom. The third-order valence-corrected chi connectivity index (χ3v) is 0.984. The molecular weight excluding hydrogens is 150 g/mol. The van der Waals surface area contributed by atoms with E-state index in [0.29, 0.717) is 6.54 Å². The van der Waals surface area contributed by atoms with Crippen molar-refractivity contribution in [2.45, 2.75) is 32.8 Å². The largest absolute Gasteiger partial charge is 0.389 e. The third kappa shape index (κ3) is 11.1. The lowest BCUT2D eigenvalue weighted by Gasteiger charge is -2.16. The highest BCUT2D eigenvalue weighted by Gasteiger charge is 2.09. The molecule has 0 radical (unpaired) electrons. The van der Waals surface area contributed by atoms with Crippen molar-refractivity contribution in [2.24, 2.45) is 0 Å². The van der Waals surface area contributed by atoms with E-state index in [-0.39, 0.29) is 12.4 Å². The molecular formula is C7H18ClNO. The van der Waals surface area contributed by atoms with E-state index in [0.717, 1.165) is 13.0 Å². The molecule has 0 saturated heterocycles. The molecule has 0 aromatic carbocycles. The second-order valence-electron chi connectivity index (χ2n) is 2.99. The Morgan fingerprint density at radius 1 is 1.40 bits per heavy atom. The fourth-order valence-electron chi connectivity index (χ4n) is 0.571. The van der Waals surface area contributed by atoms with Crippen molar-refractivity contribution in [3.05, 3.63) is 0 Å². The quantitative estimate of drug-likeness (QED) is 0.617. The summed E-state index contributed by atoms with van der Waals surface area (Å²) < 4.78 is 0. The van der Waals surface area contributed by atoms with Crippen LogP contribution >= 0.6 is 12.4 Å². The minimum atomic E-state index is -0.560. The maximum absolute atomic E-state index is 9.18. The second-order valence-corrected chi connectivity index (χ2v) is 2.99.